The first-order valence-electron chi connectivity index (χ1n) is 6.37. The van der Waals surface area contributed by atoms with Gasteiger partial charge < -0.3 is 19.9 Å². The van der Waals surface area contributed by atoms with E-state index >= 15 is 0 Å². The minimum atomic E-state index is -0.362. The van der Waals surface area contributed by atoms with Gasteiger partial charge in [-0.3, -0.25) is 0 Å². The third-order valence-electron chi connectivity index (χ3n) is 2.99. The summed E-state index contributed by atoms with van der Waals surface area (Å²) in [6.45, 7) is 0.346. The summed E-state index contributed by atoms with van der Waals surface area (Å²) in [6, 6.07) is 12.2. The van der Waals surface area contributed by atoms with Crippen molar-refractivity contribution in [3.63, 3.8) is 0 Å². The van der Waals surface area contributed by atoms with Crippen molar-refractivity contribution in [1.29, 1.82) is 0 Å². The fraction of sp³-hybridized carbons (Fsp3) is 0.188. The highest BCUT2D eigenvalue weighted by Gasteiger charge is 2.06. The van der Waals surface area contributed by atoms with Gasteiger partial charge >= 0.3 is 5.97 Å². The maximum Gasteiger partial charge on any atom is 0.337 e. The lowest BCUT2D eigenvalue weighted by Gasteiger charge is -2.10. The molecule has 0 aliphatic carbocycles. The average Bonchev–Trinajstić information content (AvgIpc) is 2.54. The van der Waals surface area contributed by atoms with Crippen LogP contribution in [0, 0.1) is 0 Å². The predicted molar refractivity (Wildman–Crippen MR) is 79.5 cm³/mol. The molecular formula is C16H17NO4. The second kappa shape index (κ2) is 6.65. The molecule has 21 heavy (non-hydrogen) atoms. The van der Waals surface area contributed by atoms with Crippen molar-refractivity contribution in [3.8, 4) is 11.5 Å². The van der Waals surface area contributed by atoms with Crippen LogP contribution in [0.4, 0.5) is 5.69 Å². The van der Waals surface area contributed by atoms with Gasteiger partial charge in [0, 0.05) is 6.07 Å². The van der Waals surface area contributed by atoms with E-state index in [0.29, 0.717) is 29.4 Å². The standard InChI is InChI=1S/C16H17NO4/c1-19-13-7-8-14(17)15(9-13)21-10-11-3-5-12(6-4-11)16(18)20-2/h3-9H,10,17H2,1-2H3. The lowest BCUT2D eigenvalue weighted by Crippen LogP contribution is -2.02. The number of methoxy groups -OCH3 is 2. The van der Waals surface area contributed by atoms with Crippen molar-refractivity contribution in [2.24, 2.45) is 0 Å². The number of nitrogens with two attached hydrogens (primary N) is 1. The summed E-state index contributed by atoms with van der Waals surface area (Å²) in [5.41, 5.74) is 7.82. The van der Waals surface area contributed by atoms with E-state index in [2.05, 4.69) is 4.74 Å². The van der Waals surface area contributed by atoms with Gasteiger partial charge in [0.05, 0.1) is 25.5 Å². The zero-order valence-corrected chi connectivity index (χ0v) is 12.0. The molecule has 0 saturated heterocycles. The first-order valence-corrected chi connectivity index (χ1v) is 6.37. The summed E-state index contributed by atoms with van der Waals surface area (Å²) in [4.78, 5) is 11.3. The first kappa shape index (κ1) is 14.7. The Morgan fingerprint density at radius 3 is 2.43 bits per heavy atom. The molecule has 0 aromatic heterocycles. The zero-order valence-electron chi connectivity index (χ0n) is 12.0. The van der Waals surface area contributed by atoms with Crippen LogP contribution in [-0.4, -0.2) is 20.2 Å². The Labute approximate surface area is 123 Å². The number of esters is 1. The van der Waals surface area contributed by atoms with Crippen LogP contribution in [0.15, 0.2) is 42.5 Å². The van der Waals surface area contributed by atoms with E-state index in [0.717, 1.165) is 5.56 Å². The SMILES string of the molecule is COC(=O)c1ccc(COc2cc(OC)ccc2N)cc1. The van der Waals surface area contributed by atoms with Gasteiger partial charge in [0.25, 0.3) is 0 Å². The van der Waals surface area contributed by atoms with E-state index in [4.69, 9.17) is 15.2 Å². The Morgan fingerprint density at radius 1 is 1.10 bits per heavy atom. The fourth-order valence-corrected chi connectivity index (χ4v) is 1.78. The van der Waals surface area contributed by atoms with Crippen molar-refractivity contribution in [3.05, 3.63) is 53.6 Å². The van der Waals surface area contributed by atoms with Gasteiger partial charge in [-0.05, 0) is 29.8 Å². The van der Waals surface area contributed by atoms with Crippen molar-refractivity contribution < 1.29 is 19.0 Å². The molecule has 0 atom stereocenters. The molecule has 0 heterocycles. The molecule has 5 nitrogen and oxygen atoms in total. The molecule has 0 unspecified atom stereocenters. The maximum absolute atomic E-state index is 11.3. The smallest absolute Gasteiger partial charge is 0.337 e. The highest BCUT2D eigenvalue weighted by Crippen LogP contribution is 2.27. The number of rotatable bonds is 5. The molecule has 2 aromatic carbocycles. The summed E-state index contributed by atoms with van der Waals surface area (Å²) in [5.74, 6) is 0.881. The number of benzene rings is 2. The van der Waals surface area contributed by atoms with Crippen molar-refractivity contribution >= 4 is 11.7 Å². The number of carbonyl (C=O) groups excluding carboxylic acids is 1. The number of hydrogen-bond donors (Lipinski definition) is 1. The van der Waals surface area contributed by atoms with Crippen molar-refractivity contribution in [2.45, 2.75) is 6.61 Å². The van der Waals surface area contributed by atoms with Crippen molar-refractivity contribution in [2.75, 3.05) is 20.0 Å². The van der Waals surface area contributed by atoms with Gasteiger partial charge in [0.2, 0.25) is 0 Å². The van der Waals surface area contributed by atoms with Crippen LogP contribution in [0.1, 0.15) is 15.9 Å². The van der Waals surface area contributed by atoms with E-state index in [1.807, 2.05) is 12.1 Å². The first-order chi connectivity index (χ1) is 10.1. The molecule has 0 radical (unpaired) electrons. The molecule has 0 fully saturated rings. The molecule has 5 heteroatoms. The third-order valence-corrected chi connectivity index (χ3v) is 2.99. The Kier molecular flexibility index (Phi) is 4.66. The molecule has 0 spiro atoms. The molecule has 0 aliphatic rings. The van der Waals surface area contributed by atoms with Crippen LogP contribution in [-0.2, 0) is 11.3 Å². The quantitative estimate of drug-likeness (QED) is 0.676. The Hall–Kier alpha value is -2.69. The molecular weight excluding hydrogens is 270 g/mol. The van der Waals surface area contributed by atoms with E-state index < -0.39 is 0 Å². The molecule has 2 aromatic rings. The molecule has 0 saturated carbocycles. The minimum Gasteiger partial charge on any atom is -0.497 e. The van der Waals surface area contributed by atoms with E-state index in [-0.39, 0.29) is 5.97 Å². The number of ether oxygens (including phenoxy) is 3. The second-order valence-corrected chi connectivity index (χ2v) is 4.38. The van der Waals surface area contributed by atoms with Gasteiger partial charge in [0.1, 0.15) is 18.1 Å². The van der Waals surface area contributed by atoms with Crippen LogP contribution in [0.5, 0.6) is 11.5 Å². The summed E-state index contributed by atoms with van der Waals surface area (Å²) in [6.07, 6.45) is 0. The molecule has 2 N–H and O–H groups in total. The monoisotopic (exact) mass is 287 g/mol. The lowest BCUT2D eigenvalue weighted by molar-refractivity contribution is 0.0600. The van der Waals surface area contributed by atoms with Gasteiger partial charge in [0.15, 0.2) is 0 Å². The normalized spacial score (nSPS) is 10.0. The number of carbonyl (C=O) groups is 1. The summed E-state index contributed by atoms with van der Waals surface area (Å²) in [5, 5.41) is 0. The van der Waals surface area contributed by atoms with Crippen LogP contribution in [0.2, 0.25) is 0 Å². The van der Waals surface area contributed by atoms with Crippen molar-refractivity contribution in [1.82, 2.24) is 0 Å². The average molecular weight is 287 g/mol. The Morgan fingerprint density at radius 2 is 1.81 bits per heavy atom. The molecule has 0 aliphatic heterocycles. The number of nitrogen functional groups attached to an aromatic ring is 1. The Balaban J connectivity index is 2.04. The van der Waals surface area contributed by atoms with E-state index in [1.54, 1.807) is 37.4 Å². The number of anilines is 1. The third kappa shape index (κ3) is 3.66. The number of hydrogen-bond acceptors (Lipinski definition) is 5. The second-order valence-electron chi connectivity index (χ2n) is 4.38. The van der Waals surface area contributed by atoms with Crippen LogP contribution >= 0.6 is 0 Å². The topological polar surface area (TPSA) is 70.8 Å². The molecule has 110 valence electrons. The maximum atomic E-state index is 11.3. The highest BCUT2D eigenvalue weighted by molar-refractivity contribution is 5.89. The van der Waals surface area contributed by atoms with Gasteiger partial charge in [-0.15, -0.1) is 0 Å². The summed E-state index contributed by atoms with van der Waals surface area (Å²) in [7, 11) is 2.94. The minimum absolute atomic E-state index is 0.346. The predicted octanol–water partition coefficient (Wildman–Crippen LogP) is 2.64. The molecule has 0 bridgehead atoms. The highest BCUT2D eigenvalue weighted by atomic mass is 16.5. The molecule has 2 rings (SSSR count). The van der Waals surface area contributed by atoms with Crippen LogP contribution < -0.4 is 15.2 Å². The zero-order chi connectivity index (χ0) is 15.2. The summed E-state index contributed by atoms with van der Waals surface area (Å²) < 4.78 is 15.4. The van der Waals surface area contributed by atoms with Gasteiger partial charge in [-0.25, -0.2) is 4.79 Å². The summed E-state index contributed by atoms with van der Waals surface area (Å²) >= 11 is 0. The lowest BCUT2D eigenvalue weighted by atomic mass is 10.1. The van der Waals surface area contributed by atoms with Crippen LogP contribution in [0.3, 0.4) is 0 Å². The molecule has 0 amide bonds. The van der Waals surface area contributed by atoms with Crippen LogP contribution in [0.25, 0.3) is 0 Å². The largest absolute Gasteiger partial charge is 0.497 e. The van der Waals surface area contributed by atoms with E-state index in [9.17, 15) is 4.79 Å². The Bertz CT molecular complexity index is 623. The van der Waals surface area contributed by atoms with E-state index in [1.165, 1.54) is 7.11 Å². The van der Waals surface area contributed by atoms with Gasteiger partial charge in [-0.1, -0.05) is 12.1 Å². The van der Waals surface area contributed by atoms with Gasteiger partial charge in [-0.2, -0.15) is 0 Å². The fourth-order valence-electron chi connectivity index (χ4n) is 1.78.